The Kier molecular flexibility index (Phi) is 6.23. The maximum absolute atomic E-state index is 13.3. The highest BCUT2D eigenvalue weighted by molar-refractivity contribution is 5.77. The first kappa shape index (κ1) is 25.3. The van der Waals surface area contributed by atoms with Crippen LogP contribution in [-0.4, -0.2) is 67.0 Å². The highest BCUT2D eigenvalue weighted by Gasteiger charge is 2.34. The van der Waals surface area contributed by atoms with Gasteiger partial charge >= 0.3 is 0 Å². The topological polar surface area (TPSA) is 104 Å². The fourth-order valence-corrected chi connectivity index (χ4v) is 5.54. The van der Waals surface area contributed by atoms with Gasteiger partial charge in [-0.25, -0.2) is 19.3 Å². The lowest BCUT2D eigenvalue weighted by Gasteiger charge is -2.39. The zero-order valence-corrected chi connectivity index (χ0v) is 22.6. The van der Waals surface area contributed by atoms with Crippen molar-refractivity contribution in [3.8, 4) is 5.82 Å². The van der Waals surface area contributed by atoms with Gasteiger partial charge < -0.3 is 20.2 Å². The van der Waals surface area contributed by atoms with Crippen LogP contribution in [0.3, 0.4) is 0 Å². The number of aromatic nitrogens is 5. The van der Waals surface area contributed by atoms with E-state index < -0.39 is 5.60 Å². The van der Waals surface area contributed by atoms with Crippen molar-refractivity contribution >= 4 is 28.4 Å². The zero-order valence-electron chi connectivity index (χ0n) is 22.6. The maximum atomic E-state index is 13.3. The third-order valence-electron chi connectivity index (χ3n) is 8.00. The van der Waals surface area contributed by atoms with E-state index in [0.29, 0.717) is 41.0 Å². The molecule has 2 unspecified atom stereocenters. The third kappa shape index (κ3) is 4.49. The van der Waals surface area contributed by atoms with Gasteiger partial charge in [0.15, 0.2) is 11.5 Å². The van der Waals surface area contributed by atoms with E-state index in [1.165, 1.54) is 5.69 Å². The first-order valence-electron chi connectivity index (χ1n) is 13.4. The van der Waals surface area contributed by atoms with E-state index in [2.05, 4.69) is 52.8 Å². The van der Waals surface area contributed by atoms with Gasteiger partial charge in [-0.1, -0.05) is 12.1 Å². The van der Waals surface area contributed by atoms with Crippen LogP contribution in [-0.2, 0) is 18.6 Å². The number of piperazine rings is 1. The number of aryl methyl sites for hydroxylation is 1. The van der Waals surface area contributed by atoms with Crippen LogP contribution in [0.15, 0.2) is 60.0 Å². The van der Waals surface area contributed by atoms with Crippen LogP contribution in [0.1, 0.15) is 31.5 Å². The van der Waals surface area contributed by atoms with E-state index in [1.807, 2.05) is 24.3 Å². The Hall–Kier alpha value is -4.02. The Balaban J connectivity index is 1.34. The molecule has 39 heavy (non-hydrogen) atoms. The summed E-state index contributed by atoms with van der Waals surface area (Å²) in [5.41, 5.74) is 2.90. The summed E-state index contributed by atoms with van der Waals surface area (Å²) in [7, 11) is 2.17. The standard InChI is InChI=1S/C29H34N8O2/c1-5-14-36-27(38)23-17-30-28(31-21-7-9-22(10-8-21)35-16-15-34(4)19(2)18-35)33-26(23)37(36)24-11-6-20-12-13-29(3,39)25(20)32-24/h5-11,17,19,39H,1,12-16,18H2,2-4H3,(H,30,31,33). The second-order valence-electron chi connectivity index (χ2n) is 10.8. The normalized spacial score (nSPS) is 21.3. The quantitative estimate of drug-likeness (QED) is 0.369. The lowest BCUT2D eigenvalue weighted by molar-refractivity contribution is 0.0553. The van der Waals surface area contributed by atoms with E-state index in [9.17, 15) is 9.90 Å². The Morgan fingerprint density at radius 3 is 2.72 bits per heavy atom. The van der Waals surface area contributed by atoms with E-state index in [1.54, 1.807) is 28.6 Å². The molecule has 1 aliphatic heterocycles. The molecular weight excluding hydrogens is 492 g/mol. The van der Waals surface area contributed by atoms with Crippen LogP contribution >= 0.6 is 0 Å². The van der Waals surface area contributed by atoms with Crippen molar-refractivity contribution in [1.82, 2.24) is 29.2 Å². The summed E-state index contributed by atoms with van der Waals surface area (Å²) in [5.74, 6) is 0.890. The number of hydrogen-bond acceptors (Lipinski definition) is 8. The van der Waals surface area contributed by atoms with Crippen molar-refractivity contribution < 1.29 is 5.11 Å². The van der Waals surface area contributed by atoms with Gasteiger partial charge in [0.25, 0.3) is 5.56 Å². The molecule has 10 heteroatoms. The van der Waals surface area contributed by atoms with Crippen LogP contribution in [0, 0.1) is 0 Å². The molecule has 0 saturated carbocycles. The molecule has 2 atom stereocenters. The smallest absolute Gasteiger partial charge is 0.278 e. The molecule has 1 fully saturated rings. The van der Waals surface area contributed by atoms with Gasteiger partial charge in [0.2, 0.25) is 5.95 Å². The summed E-state index contributed by atoms with van der Waals surface area (Å²) >= 11 is 0. The van der Waals surface area contributed by atoms with Crippen molar-refractivity contribution in [3.63, 3.8) is 0 Å². The molecule has 1 aliphatic carbocycles. The Morgan fingerprint density at radius 2 is 1.97 bits per heavy atom. The average Bonchev–Trinajstić information content (AvgIpc) is 3.38. The lowest BCUT2D eigenvalue weighted by atomic mass is 10.0. The van der Waals surface area contributed by atoms with Crippen LogP contribution < -0.4 is 15.8 Å². The summed E-state index contributed by atoms with van der Waals surface area (Å²) in [6.07, 6.45) is 4.60. The third-order valence-corrected chi connectivity index (χ3v) is 8.00. The number of aliphatic hydroxyl groups is 1. The van der Waals surface area contributed by atoms with Crippen LogP contribution in [0.4, 0.5) is 17.3 Å². The Labute approximate surface area is 227 Å². The predicted molar refractivity (Wildman–Crippen MR) is 153 cm³/mol. The molecule has 0 amide bonds. The number of likely N-dealkylation sites (N-methyl/N-ethyl adjacent to an activating group) is 1. The van der Waals surface area contributed by atoms with Gasteiger partial charge in [-0.05, 0) is 69.6 Å². The summed E-state index contributed by atoms with van der Waals surface area (Å²) < 4.78 is 3.24. The number of nitrogens with zero attached hydrogens (tertiary/aromatic N) is 7. The number of benzene rings is 1. The van der Waals surface area contributed by atoms with Crippen LogP contribution in [0.5, 0.6) is 0 Å². The van der Waals surface area contributed by atoms with Crippen LogP contribution in [0.25, 0.3) is 16.9 Å². The van der Waals surface area contributed by atoms with Gasteiger partial charge in [0.1, 0.15) is 11.0 Å². The minimum atomic E-state index is -1.01. The zero-order chi connectivity index (χ0) is 27.3. The molecule has 1 aromatic carbocycles. The predicted octanol–water partition coefficient (Wildman–Crippen LogP) is 3.20. The monoisotopic (exact) mass is 526 g/mol. The van der Waals surface area contributed by atoms with E-state index in [-0.39, 0.29) is 12.1 Å². The number of nitrogens with one attached hydrogen (secondary N) is 1. The fourth-order valence-electron chi connectivity index (χ4n) is 5.54. The summed E-state index contributed by atoms with van der Waals surface area (Å²) in [6.45, 7) is 11.2. The van der Waals surface area contributed by atoms with Crippen molar-refractivity contribution in [2.75, 3.05) is 36.9 Å². The van der Waals surface area contributed by atoms with Crippen molar-refractivity contribution in [2.24, 2.45) is 0 Å². The molecular formula is C29H34N8O2. The van der Waals surface area contributed by atoms with E-state index in [0.717, 1.165) is 37.3 Å². The molecule has 4 heterocycles. The second kappa shape index (κ2) is 9.62. The van der Waals surface area contributed by atoms with Crippen molar-refractivity contribution in [1.29, 1.82) is 0 Å². The summed E-state index contributed by atoms with van der Waals surface area (Å²) in [6, 6.07) is 12.6. The highest BCUT2D eigenvalue weighted by Crippen LogP contribution is 2.35. The van der Waals surface area contributed by atoms with Gasteiger partial charge in [-0.2, -0.15) is 4.98 Å². The molecule has 6 rings (SSSR count). The van der Waals surface area contributed by atoms with Crippen LogP contribution in [0.2, 0.25) is 0 Å². The molecule has 202 valence electrons. The first-order valence-corrected chi connectivity index (χ1v) is 13.4. The van der Waals surface area contributed by atoms with E-state index >= 15 is 0 Å². The molecule has 0 spiro atoms. The van der Waals surface area contributed by atoms with E-state index in [4.69, 9.17) is 9.97 Å². The molecule has 0 radical (unpaired) electrons. The molecule has 4 aromatic rings. The van der Waals surface area contributed by atoms with Gasteiger partial charge in [0, 0.05) is 43.2 Å². The van der Waals surface area contributed by atoms with Gasteiger partial charge in [-0.3, -0.25) is 4.79 Å². The average molecular weight is 527 g/mol. The molecule has 10 nitrogen and oxygen atoms in total. The van der Waals surface area contributed by atoms with Gasteiger partial charge in [0.05, 0.1) is 12.2 Å². The summed E-state index contributed by atoms with van der Waals surface area (Å²) in [4.78, 5) is 32.0. The summed E-state index contributed by atoms with van der Waals surface area (Å²) in [5, 5.41) is 14.5. The fraction of sp³-hybridized carbons (Fsp3) is 0.379. The number of pyridine rings is 1. The molecule has 2 aliphatic rings. The molecule has 3 aromatic heterocycles. The molecule has 2 N–H and O–H groups in total. The number of anilines is 3. The Bertz CT molecular complexity index is 1600. The van der Waals surface area contributed by atoms with Gasteiger partial charge in [-0.15, -0.1) is 6.58 Å². The molecule has 1 saturated heterocycles. The van der Waals surface area contributed by atoms with Crippen molar-refractivity contribution in [3.05, 3.63) is 76.9 Å². The second-order valence-corrected chi connectivity index (χ2v) is 10.8. The molecule has 0 bridgehead atoms. The minimum absolute atomic E-state index is 0.226. The number of hydrogen-bond donors (Lipinski definition) is 2. The maximum Gasteiger partial charge on any atom is 0.278 e. The highest BCUT2D eigenvalue weighted by atomic mass is 16.3. The number of allylic oxidation sites excluding steroid dienone is 1. The largest absolute Gasteiger partial charge is 0.384 e. The SMILES string of the molecule is C=CCn1c(=O)c2cnc(Nc3ccc(N4CCN(C)C(C)C4)cc3)nc2n1-c1ccc2c(n1)C(C)(O)CC2. The number of rotatable bonds is 6. The lowest BCUT2D eigenvalue weighted by Crippen LogP contribution is -2.50. The van der Waals surface area contributed by atoms with Crippen molar-refractivity contribution in [2.45, 2.75) is 44.9 Å². The Morgan fingerprint density at radius 1 is 1.18 bits per heavy atom. The number of fused-ring (bicyclic) bond motifs is 2. The first-order chi connectivity index (χ1) is 18.7. The minimum Gasteiger partial charge on any atom is -0.384 e.